The average Bonchev–Trinajstić information content (AvgIpc) is 2.43. The van der Waals surface area contributed by atoms with Crippen molar-refractivity contribution in [3.63, 3.8) is 0 Å². The molecule has 1 nitrogen and oxygen atoms in total. The fourth-order valence-corrected chi connectivity index (χ4v) is 2.04. The Morgan fingerprint density at radius 2 is 1.86 bits per heavy atom. The summed E-state index contributed by atoms with van der Waals surface area (Å²) in [5.74, 6) is -4.72. The summed E-state index contributed by atoms with van der Waals surface area (Å²) < 4.78 is 69.5. The van der Waals surface area contributed by atoms with Gasteiger partial charge in [0.2, 0.25) is 0 Å². The molecule has 0 aliphatic carbocycles. The van der Waals surface area contributed by atoms with E-state index in [1.54, 1.807) is 0 Å². The number of halogens is 5. The molecule has 0 radical (unpaired) electrons. The van der Waals surface area contributed by atoms with Crippen LogP contribution in [0.4, 0.5) is 22.0 Å². The number of rotatable bonds is 7. The largest absolute Gasteiger partial charge is 0.377 e. The van der Waals surface area contributed by atoms with Crippen molar-refractivity contribution < 1.29 is 26.7 Å². The molecule has 0 amide bonds. The molecule has 0 saturated heterocycles. The van der Waals surface area contributed by atoms with E-state index < -0.39 is 30.7 Å². The van der Waals surface area contributed by atoms with Crippen molar-refractivity contribution in [1.29, 1.82) is 0 Å². The smallest absolute Gasteiger partial charge is 0.310 e. The van der Waals surface area contributed by atoms with E-state index in [-0.39, 0.29) is 11.5 Å². The second-order valence-corrected chi connectivity index (χ2v) is 5.08. The predicted octanol–water partition coefficient (Wildman–Crippen LogP) is 5.32. The van der Waals surface area contributed by atoms with Crippen LogP contribution in [0.3, 0.4) is 0 Å². The molecule has 1 rings (SSSR count). The van der Waals surface area contributed by atoms with Gasteiger partial charge in [0.1, 0.15) is 5.82 Å². The lowest BCUT2D eigenvalue weighted by Gasteiger charge is -2.23. The van der Waals surface area contributed by atoms with Crippen LogP contribution in [0.1, 0.15) is 49.8 Å². The SMILES string of the molecule is CCC(C)c1ccc(C(CC(F)(F)C(F)F)OC)cc1F. The Balaban J connectivity index is 3.00. The predicted molar refractivity (Wildman–Crippen MR) is 70.4 cm³/mol. The van der Waals surface area contributed by atoms with Crippen LogP contribution in [0, 0.1) is 5.82 Å². The lowest BCUT2D eigenvalue weighted by molar-refractivity contribution is -0.152. The highest BCUT2D eigenvalue weighted by Crippen LogP contribution is 2.36. The summed E-state index contributed by atoms with van der Waals surface area (Å²) in [6.07, 6.45) is -5.52. The molecular formula is C15H19F5O. The van der Waals surface area contributed by atoms with Crippen molar-refractivity contribution in [3.05, 3.63) is 35.1 Å². The molecular weight excluding hydrogens is 291 g/mol. The van der Waals surface area contributed by atoms with Crippen LogP contribution in [0.15, 0.2) is 18.2 Å². The topological polar surface area (TPSA) is 9.23 Å². The molecule has 120 valence electrons. The zero-order chi connectivity index (χ0) is 16.2. The summed E-state index contributed by atoms with van der Waals surface area (Å²) in [5.41, 5.74) is 0.596. The molecule has 0 N–H and O–H groups in total. The second kappa shape index (κ2) is 7.20. The van der Waals surface area contributed by atoms with E-state index >= 15 is 0 Å². The molecule has 6 heteroatoms. The van der Waals surface area contributed by atoms with Crippen LogP contribution in [0.25, 0.3) is 0 Å². The van der Waals surface area contributed by atoms with Crippen molar-refractivity contribution in [2.45, 2.75) is 51.1 Å². The molecule has 1 aromatic carbocycles. The molecule has 0 aliphatic rings. The number of hydrogen-bond donors (Lipinski definition) is 0. The van der Waals surface area contributed by atoms with Gasteiger partial charge in [-0.05, 0) is 29.5 Å². The first-order valence-electron chi connectivity index (χ1n) is 6.71. The fourth-order valence-electron chi connectivity index (χ4n) is 2.04. The number of methoxy groups -OCH3 is 1. The Labute approximate surface area is 121 Å². The minimum Gasteiger partial charge on any atom is -0.377 e. The summed E-state index contributed by atoms with van der Waals surface area (Å²) in [7, 11) is 1.13. The Morgan fingerprint density at radius 3 is 2.29 bits per heavy atom. The Hall–Kier alpha value is -1.17. The van der Waals surface area contributed by atoms with E-state index in [0.717, 1.165) is 19.6 Å². The van der Waals surface area contributed by atoms with Crippen molar-refractivity contribution in [1.82, 2.24) is 0 Å². The highest BCUT2D eigenvalue weighted by atomic mass is 19.3. The zero-order valence-electron chi connectivity index (χ0n) is 12.2. The molecule has 0 aliphatic heterocycles. The van der Waals surface area contributed by atoms with Gasteiger partial charge in [-0.15, -0.1) is 0 Å². The van der Waals surface area contributed by atoms with Gasteiger partial charge in [-0.25, -0.2) is 22.0 Å². The molecule has 0 heterocycles. The third-order valence-electron chi connectivity index (χ3n) is 3.60. The monoisotopic (exact) mass is 310 g/mol. The Kier molecular flexibility index (Phi) is 6.13. The standard InChI is InChI=1S/C15H19F5O/c1-4-9(2)11-6-5-10(7-12(11)16)13(21-3)8-15(19,20)14(17)18/h5-7,9,13-14H,4,8H2,1-3H3. The third-order valence-corrected chi connectivity index (χ3v) is 3.60. The summed E-state index contributed by atoms with van der Waals surface area (Å²) in [4.78, 5) is 0. The fraction of sp³-hybridized carbons (Fsp3) is 0.600. The summed E-state index contributed by atoms with van der Waals surface area (Å²) in [6.45, 7) is 3.75. The maximum atomic E-state index is 14.0. The van der Waals surface area contributed by atoms with Gasteiger partial charge >= 0.3 is 12.3 Å². The van der Waals surface area contributed by atoms with E-state index in [1.807, 2.05) is 13.8 Å². The molecule has 0 saturated carbocycles. The zero-order valence-corrected chi connectivity index (χ0v) is 12.2. The highest BCUT2D eigenvalue weighted by molar-refractivity contribution is 5.28. The van der Waals surface area contributed by atoms with Gasteiger partial charge in [0.05, 0.1) is 6.10 Å². The lowest BCUT2D eigenvalue weighted by Crippen LogP contribution is -2.29. The molecule has 1 aromatic rings. The van der Waals surface area contributed by atoms with Gasteiger partial charge in [0, 0.05) is 13.5 Å². The van der Waals surface area contributed by atoms with Gasteiger partial charge in [-0.2, -0.15) is 0 Å². The van der Waals surface area contributed by atoms with Gasteiger partial charge < -0.3 is 4.74 Å². The first-order chi connectivity index (χ1) is 9.72. The molecule has 0 spiro atoms. The van der Waals surface area contributed by atoms with E-state index in [2.05, 4.69) is 0 Å². The Morgan fingerprint density at radius 1 is 1.24 bits per heavy atom. The molecule has 0 aromatic heterocycles. The first kappa shape index (κ1) is 17.9. The molecule has 21 heavy (non-hydrogen) atoms. The maximum absolute atomic E-state index is 14.0. The number of ether oxygens (including phenoxy) is 1. The van der Waals surface area contributed by atoms with E-state index in [9.17, 15) is 22.0 Å². The van der Waals surface area contributed by atoms with Crippen molar-refractivity contribution in [3.8, 4) is 0 Å². The van der Waals surface area contributed by atoms with Crippen molar-refractivity contribution in [2.75, 3.05) is 7.11 Å². The third kappa shape index (κ3) is 4.40. The van der Waals surface area contributed by atoms with Crippen LogP contribution in [0.5, 0.6) is 0 Å². The number of benzene rings is 1. The van der Waals surface area contributed by atoms with Crippen LogP contribution in [0.2, 0.25) is 0 Å². The molecule has 0 fully saturated rings. The minimum atomic E-state index is -4.17. The van der Waals surface area contributed by atoms with Crippen LogP contribution in [-0.2, 0) is 4.74 Å². The van der Waals surface area contributed by atoms with Crippen molar-refractivity contribution >= 4 is 0 Å². The van der Waals surface area contributed by atoms with E-state index in [1.165, 1.54) is 12.1 Å². The number of alkyl halides is 4. The van der Waals surface area contributed by atoms with Crippen LogP contribution < -0.4 is 0 Å². The first-order valence-corrected chi connectivity index (χ1v) is 6.71. The van der Waals surface area contributed by atoms with Gasteiger partial charge in [0.15, 0.2) is 0 Å². The van der Waals surface area contributed by atoms with Gasteiger partial charge in [0.25, 0.3) is 0 Å². The highest BCUT2D eigenvalue weighted by Gasteiger charge is 2.43. The minimum absolute atomic E-state index is 0.0115. The normalized spacial score (nSPS) is 15.3. The van der Waals surface area contributed by atoms with Crippen molar-refractivity contribution in [2.24, 2.45) is 0 Å². The molecule has 2 atom stereocenters. The molecule has 2 unspecified atom stereocenters. The lowest BCUT2D eigenvalue weighted by atomic mass is 9.94. The molecule has 0 bridgehead atoms. The quantitative estimate of drug-likeness (QED) is 0.620. The van der Waals surface area contributed by atoms with E-state index in [0.29, 0.717) is 5.56 Å². The summed E-state index contributed by atoms with van der Waals surface area (Å²) in [5, 5.41) is 0. The summed E-state index contributed by atoms with van der Waals surface area (Å²) >= 11 is 0. The summed E-state index contributed by atoms with van der Waals surface area (Å²) in [6, 6.07) is 4.02. The number of hydrogen-bond acceptors (Lipinski definition) is 1. The van der Waals surface area contributed by atoms with Gasteiger partial charge in [-0.1, -0.05) is 26.0 Å². The van der Waals surface area contributed by atoms with Crippen LogP contribution >= 0.6 is 0 Å². The van der Waals surface area contributed by atoms with Crippen LogP contribution in [-0.4, -0.2) is 19.5 Å². The Bertz CT molecular complexity index is 461. The maximum Gasteiger partial charge on any atom is 0.310 e. The van der Waals surface area contributed by atoms with E-state index in [4.69, 9.17) is 4.74 Å². The second-order valence-electron chi connectivity index (χ2n) is 5.08. The average molecular weight is 310 g/mol. The van der Waals surface area contributed by atoms with Gasteiger partial charge in [-0.3, -0.25) is 0 Å².